The molecule has 1 fully saturated rings. The maximum Gasteiger partial charge on any atom is 0.410 e. The lowest BCUT2D eigenvalue weighted by molar-refractivity contribution is -0.148. The monoisotopic (exact) mass is 397 g/mol. The second-order valence-corrected chi connectivity index (χ2v) is 8.09. The van der Waals surface area contributed by atoms with Gasteiger partial charge in [0.05, 0.1) is 13.7 Å². The topological polar surface area (TPSA) is 55.8 Å². The van der Waals surface area contributed by atoms with Crippen molar-refractivity contribution in [1.29, 1.82) is 0 Å². The summed E-state index contributed by atoms with van der Waals surface area (Å²) in [5.74, 6) is -0.280. The summed E-state index contributed by atoms with van der Waals surface area (Å²) in [6.07, 6.45) is 19.4. The number of hydrogen-bond donors (Lipinski definition) is 0. The molecule has 1 saturated heterocycles. The largest absolute Gasteiger partial charge is 0.464 e. The Hall–Kier alpha value is -1.26. The van der Waals surface area contributed by atoms with Gasteiger partial charge in [0.1, 0.15) is 6.04 Å². The van der Waals surface area contributed by atoms with Gasteiger partial charge in [-0.2, -0.15) is 0 Å². The first-order valence-electron chi connectivity index (χ1n) is 11.7. The quantitative estimate of drug-likeness (QED) is 0.228. The number of hydrogen-bond acceptors (Lipinski definition) is 4. The highest BCUT2D eigenvalue weighted by Gasteiger charge is 2.35. The molecule has 0 saturated carbocycles. The van der Waals surface area contributed by atoms with E-state index in [4.69, 9.17) is 9.47 Å². The molecule has 0 bridgehead atoms. The van der Waals surface area contributed by atoms with Crippen molar-refractivity contribution in [3.05, 3.63) is 0 Å². The number of rotatable bonds is 16. The van der Waals surface area contributed by atoms with Gasteiger partial charge in [-0.25, -0.2) is 9.59 Å². The predicted octanol–water partition coefficient (Wildman–Crippen LogP) is 6.24. The molecule has 0 aliphatic carbocycles. The summed E-state index contributed by atoms with van der Waals surface area (Å²) in [5.41, 5.74) is 0. The SMILES string of the molecule is CCCCCCCCCCCCCCCCOC(=O)[C@@H]1CCCN1C(=O)OC. The van der Waals surface area contributed by atoms with Crippen molar-refractivity contribution in [2.75, 3.05) is 20.3 Å². The number of ether oxygens (including phenoxy) is 2. The van der Waals surface area contributed by atoms with Crippen LogP contribution in [0.15, 0.2) is 0 Å². The minimum absolute atomic E-state index is 0.280. The summed E-state index contributed by atoms with van der Waals surface area (Å²) < 4.78 is 10.1. The molecule has 0 aromatic carbocycles. The maximum absolute atomic E-state index is 12.1. The van der Waals surface area contributed by atoms with E-state index in [0.29, 0.717) is 19.6 Å². The molecule has 1 rings (SSSR count). The van der Waals surface area contributed by atoms with Crippen LogP contribution in [0.4, 0.5) is 4.79 Å². The van der Waals surface area contributed by atoms with Gasteiger partial charge in [0.2, 0.25) is 0 Å². The molecular weight excluding hydrogens is 354 g/mol. The molecule has 1 aliphatic rings. The Labute approximate surface area is 172 Å². The Morgan fingerprint density at radius 1 is 0.821 bits per heavy atom. The van der Waals surface area contributed by atoms with Crippen molar-refractivity contribution in [3.8, 4) is 0 Å². The van der Waals surface area contributed by atoms with Crippen LogP contribution in [0.2, 0.25) is 0 Å². The fourth-order valence-corrected chi connectivity index (χ4v) is 3.91. The van der Waals surface area contributed by atoms with Gasteiger partial charge < -0.3 is 9.47 Å². The van der Waals surface area contributed by atoms with Crippen LogP contribution >= 0.6 is 0 Å². The lowest BCUT2D eigenvalue weighted by Crippen LogP contribution is -2.41. The zero-order chi connectivity index (χ0) is 20.5. The molecule has 28 heavy (non-hydrogen) atoms. The Kier molecular flexibility index (Phi) is 14.8. The second kappa shape index (κ2) is 16.7. The third kappa shape index (κ3) is 10.9. The van der Waals surface area contributed by atoms with Gasteiger partial charge in [-0.3, -0.25) is 4.90 Å². The number of amides is 1. The molecule has 0 unspecified atom stereocenters. The third-order valence-corrected chi connectivity index (χ3v) is 5.68. The maximum atomic E-state index is 12.1. The standard InChI is InChI=1S/C23H43NO4/c1-3-4-5-6-7-8-9-10-11-12-13-14-15-16-20-28-22(25)21-18-17-19-24(21)23(26)27-2/h21H,3-20H2,1-2H3/t21-/m0/s1. The highest BCUT2D eigenvalue weighted by atomic mass is 16.6. The number of methoxy groups -OCH3 is 1. The molecule has 0 aromatic rings. The Bertz CT molecular complexity index is 413. The first-order valence-corrected chi connectivity index (χ1v) is 11.7. The molecule has 0 N–H and O–H groups in total. The number of nitrogens with zero attached hydrogens (tertiary/aromatic N) is 1. The van der Waals surface area contributed by atoms with Crippen LogP contribution in [0.5, 0.6) is 0 Å². The number of likely N-dealkylation sites (tertiary alicyclic amines) is 1. The van der Waals surface area contributed by atoms with E-state index in [1.807, 2.05) is 0 Å². The van der Waals surface area contributed by atoms with Crippen LogP contribution in [-0.4, -0.2) is 43.3 Å². The van der Waals surface area contributed by atoms with E-state index < -0.39 is 12.1 Å². The van der Waals surface area contributed by atoms with Crippen LogP contribution in [0, 0.1) is 0 Å². The number of esters is 1. The molecule has 164 valence electrons. The highest BCUT2D eigenvalue weighted by Crippen LogP contribution is 2.19. The van der Waals surface area contributed by atoms with Crippen molar-refractivity contribution in [2.24, 2.45) is 0 Å². The van der Waals surface area contributed by atoms with E-state index in [-0.39, 0.29) is 5.97 Å². The fraction of sp³-hybridized carbons (Fsp3) is 0.913. The summed E-state index contributed by atoms with van der Waals surface area (Å²) in [7, 11) is 1.34. The van der Waals surface area contributed by atoms with Gasteiger partial charge in [0, 0.05) is 6.54 Å². The van der Waals surface area contributed by atoms with Gasteiger partial charge in [-0.1, -0.05) is 90.4 Å². The summed E-state index contributed by atoms with van der Waals surface area (Å²) in [6, 6.07) is -0.459. The molecule has 5 heteroatoms. The van der Waals surface area contributed by atoms with Crippen molar-refractivity contribution in [3.63, 3.8) is 0 Å². The van der Waals surface area contributed by atoms with Gasteiger partial charge in [0.25, 0.3) is 0 Å². The lowest BCUT2D eigenvalue weighted by Gasteiger charge is -2.21. The molecule has 5 nitrogen and oxygen atoms in total. The molecule has 0 aromatic heterocycles. The lowest BCUT2D eigenvalue weighted by atomic mass is 10.0. The van der Waals surface area contributed by atoms with E-state index in [1.165, 1.54) is 89.1 Å². The fourth-order valence-electron chi connectivity index (χ4n) is 3.91. The first-order chi connectivity index (χ1) is 13.7. The van der Waals surface area contributed by atoms with E-state index in [0.717, 1.165) is 19.3 Å². The van der Waals surface area contributed by atoms with Crippen molar-refractivity contribution >= 4 is 12.1 Å². The zero-order valence-electron chi connectivity index (χ0n) is 18.4. The van der Waals surface area contributed by atoms with Crippen LogP contribution in [-0.2, 0) is 14.3 Å². The smallest absolute Gasteiger partial charge is 0.410 e. The molecule has 0 radical (unpaired) electrons. The highest BCUT2D eigenvalue weighted by molar-refractivity contribution is 5.82. The van der Waals surface area contributed by atoms with Gasteiger partial charge >= 0.3 is 12.1 Å². The van der Waals surface area contributed by atoms with E-state index in [1.54, 1.807) is 0 Å². The predicted molar refractivity (Wildman–Crippen MR) is 113 cm³/mol. The van der Waals surface area contributed by atoms with Gasteiger partial charge in [0.15, 0.2) is 0 Å². The Balaban J connectivity index is 1.87. The van der Waals surface area contributed by atoms with Gasteiger partial charge in [-0.05, 0) is 19.3 Å². The van der Waals surface area contributed by atoms with Crippen LogP contribution in [0.3, 0.4) is 0 Å². The van der Waals surface area contributed by atoms with Crippen molar-refractivity contribution in [1.82, 2.24) is 4.90 Å². The summed E-state index contributed by atoms with van der Waals surface area (Å²) in [5, 5.41) is 0. The van der Waals surface area contributed by atoms with Crippen LogP contribution in [0.25, 0.3) is 0 Å². The average molecular weight is 398 g/mol. The minimum atomic E-state index is -0.459. The summed E-state index contributed by atoms with van der Waals surface area (Å²) >= 11 is 0. The second-order valence-electron chi connectivity index (χ2n) is 8.09. The average Bonchev–Trinajstić information content (AvgIpc) is 3.20. The third-order valence-electron chi connectivity index (χ3n) is 5.68. The van der Waals surface area contributed by atoms with Crippen LogP contribution < -0.4 is 0 Å². The summed E-state index contributed by atoms with van der Waals surface area (Å²) in [4.78, 5) is 25.3. The van der Waals surface area contributed by atoms with Crippen molar-refractivity contribution in [2.45, 2.75) is 116 Å². The number of carbonyl (C=O) groups is 2. The Morgan fingerprint density at radius 2 is 1.32 bits per heavy atom. The van der Waals surface area contributed by atoms with E-state index >= 15 is 0 Å². The van der Waals surface area contributed by atoms with Crippen molar-refractivity contribution < 1.29 is 19.1 Å². The number of carbonyl (C=O) groups excluding carboxylic acids is 2. The van der Waals surface area contributed by atoms with E-state index in [9.17, 15) is 9.59 Å². The first kappa shape index (κ1) is 24.8. The molecule has 1 amide bonds. The normalized spacial score (nSPS) is 16.4. The minimum Gasteiger partial charge on any atom is -0.464 e. The molecule has 1 aliphatic heterocycles. The molecular formula is C23H43NO4. The molecule has 1 atom stereocenters. The summed E-state index contributed by atoms with van der Waals surface area (Å²) in [6.45, 7) is 3.30. The van der Waals surface area contributed by atoms with Crippen LogP contribution in [0.1, 0.15) is 110 Å². The van der Waals surface area contributed by atoms with Gasteiger partial charge in [-0.15, -0.1) is 0 Å². The molecule has 0 spiro atoms. The van der Waals surface area contributed by atoms with E-state index in [2.05, 4.69) is 6.92 Å². The Morgan fingerprint density at radius 3 is 1.82 bits per heavy atom. The number of unbranched alkanes of at least 4 members (excludes halogenated alkanes) is 13. The molecule has 1 heterocycles. The zero-order valence-corrected chi connectivity index (χ0v) is 18.4.